The third kappa shape index (κ3) is 4.64. The number of hydrogen-bond donors (Lipinski definition) is 0. The first kappa shape index (κ1) is 22.3. The normalized spacial score (nSPS) is 17.2. The van der Waals surface area contributed by atoms with E-state index in [9.17, 15) is 13.2 Å². The first-order valence-corrected chi connectivity index (χ1v) is 12.2. The molecule has 4 rings (SSSR count). The Balaban J connectivity index is 1.46. The summed E-state index contributed by atoms with van der Waals surface area (Å²) in [6, 6.07) is 20.5. The smallest absolute Gasteiger partial charge is 0.243 e. The van der Waals surface area contributed by atoms with Crippen LogP contribution in [0.1, 0.15) is 18.4 Å². The van der Waals surface area contributed by atoms with Gasteiger partial charge in [0.15, 0.2) is 0 Å². The molecule has 32 heavy (non-hydrogen) atoms. The molecule has 0 bridgehead atoms. The van der Waals surface area contributed by atoms with E-state index in [1.807, 2.05) is 54.6 Å². The topological polar surface area (TPSA) is 66.9 Å². The Morgan fingerprint density at radius 1 is 1.06 bits per heavy atom. The molecule has 1 amide bonds. The number of piperidine rings is 1. The lowest BCUT2D eigenvalue weighted by Crippen LogP contribution is -2.45. The summed E-state index contributed by atoms with van der Waals surface area (Å²) in [5.41, 5.74) is 0.998. The van der Waals surface area contributed by atoms with E-state index in [0.717, 1.165) is 22.1 Å². The second-order valence-electron chi connectivity index (χ2n) is 8.25. The average molecular weight is 453 g/mol. The van der Waals surface area contributed by atoms with Gasteiger partial charge in [-0.15, -0.1) is 0 Å². The van der Waals surface area contributed by atoms with Gasteiger partial charge in [0.1, 0.15) is 5.75 Å². The third-order valence-corrected chi connectivity index (χ3v) is 7.91. The summed E-state index contributed by atoms with van der Waals surface area (Å²) in [5, 5.41) is 1.88. The number of benzene rings is 3. The van der Waals surface area contributed by atoms with Gasteiger partial charge in [0, 0.05) is 26.7 Å². The molecular formula is C25H28N2O4S. The quantitative estimate of drug-likeness (QED) is 0.569. The molecule has 3 aromatic rings. The van der Waals surface area contributed by atoms with Crippen molar-refractivity contribution in [1.82, 2.24) is 9.21 Å². The molecule has 7 heteroatoms. The van der Waals surface area contributed by atoms with Crippen molar-refractivity contribution in [3.05, 3.63) is 72.3 Å². The monoisotopic (exact) mass is 452 g/mol. The van der Waals surface area contributed by atoms with Crippen molar-refractivity contribution >= 4 is 26.7 Å². The predicted molar refractivity (Wildman–Crippen MR) is 125 cm³/mol. The summed E-state index contributed by atoms with van der Waals surface area (Å²) in [6.07, 6.45) is 1.36. The number of carbonyl (C=O) groups excluding carboxylic acids is 1. The van der Waals surface area contributed by atoms with Crippen LogP contribution in [0.4, 0.5) is 0 Å². The van der Waals surface area contributed by atoms with Gasteiger partial charge in [-0.25, -0.2) is 8.42 Å². The Labute approximate surface area is 189 Å². The van der Waals surface area contributed by atoms with Crippen LogP contribution in [0, 0.1) is 5.92 Å². The molecule has 1 saturated heterocycles. The van der Waals surface area contributed by atoms with Crippen LogP contribution in [0.5, 0.6) is 5.75 Å². The highest BCUT2D eigenvalue weighted by Gasteiger charge is 2.34. The van der Waals surface area contributed by atoms with E-state index < -0.39 is 10.0 Å². The Morgan fingerprint density at radius 2 is 1.78 bits per heavy atom. The number of carbonyl (C=O) groups is 1. The van der Waals surface area contributed by atoms with Gasteiger partial charge in [-0.2, -0.15) is 4.31 Å². The lowest BCUT2D eigenvalue weighted by Gasteiger charge is -2.33. The molecular weight excluding hydrogens is 424 g/mol. The van der Waals surface area contributed by atoms with Gasteiger partial charge in [-0.3, -0.25) is 4.79 Å². The van der Waals surface area contributed by atoms with Crippen LogP contribution in [0.25, 0.3) is 10.8 Å². The number of amides is 1. The van der Waals surface area contributed by atoms with Crippen LogP contribution in [0.15, 0.2) is 71.6 Å². The number of hydrogen-bond acceptors (Lipinski definition) is 4. The predicted octanol–water partition coefficient (Wildman–Crippen LogP) is 3.91. The summed E-state index contributed by atoms with van der Waals surface area (Å²) in [5.74, 6) is 0.394. The van der Waals surface area contributed by atoms with Crippen molar-refractivity contribution in [2.24, 2.45) is 5.92 Å². The molecule has 0 spiro atoms. The number of nitrogens with zero attached hydrogens (tertiary/aromatic N) is 2. The van der Waals surface area contributed by atoms with Crippen molar-refractivity contribution in [3.63, 3.8) is 0 Å². The van der Waals surface area contributed by atoms with E-state index in [1.165, 1.54) is 4.31 Å². The molecule has 1 aliphatic rings. The van der Waals surface area contributed by atoms with E-state index in [-0.39, 0.29) is 23.3 Å². The number of fused-ring (bicyclic) bond motifs is 1. The van der Waals surface area contributed by atoms with Gasteiger partial charge < -0.3 is 9.64 Å². The third-order valence-electron chi connectivity index (χ3n) is 6.05. The Bertz CT molecular complexity index is 1210. The molecule has 0 unspecified atom stereocenters. The number of ether oxygens (including phenoxy) is 1. The van der Waals surface area contributed by atoms with E-state index in [0.29, 0.717) is 25.9 Å². The molecule has 0 radical (unpaired) electrons. The van der Waals surface area contributed by atoms with E-state index in [2.05, 4.69) is 0 Å². The standard InChI is InChI=1S/C25H28N2O4S/c1-26(17-19-9-12-23(31-2)13-10-19)25(28)22-8-5-15-27(18-22)32(29,30)24-14-11-20-6-3-4-7-21(20)16-24/h3-4,6-7,9-14,16,22H,5,8,15,17-18H2,1-2H3/t22-/m0/s1. The van der Waals surface area contributed by atoms with Crippen LogP contribution in [-0.4, -0.2) is 50.8 Å². The van der Waals surface area contributed by atoms with E-state index in [4.69, 9.17) is 4.74 Å². The molecule has 0 saturated carbocycles. The second-order valence-corrected chi connectivity index (χ2v) is 10.2. The maximum absolute atomic E-state index is 13.3. The minimum atomic E-state index is -3.66. The van der Waals surface area contributed by atoms with E-state index >= 15 is 0 Å². The van der Waals surface area contributed by atoms with Crippen molar-refractivity contribution in [3.8, 4) is 5.75 Å². The molecule has 3 aromatic carbocycles. The zero-order chi connectivity index (χ0) is 22.7. The molecule has 1 heterocycles. The number of methoxy groups -OCH3 is 1. The number of sulfonamides is 1. The number of rotatable bonds is 6. The highest BCUT2D eigenvalue weighted by atomic mass is 32.2. The highest BCUT2D eigenvalue weighted by molar-refractivity contribution is 7.89. The Hall–Kier alpha value is -2.90. The fraction of sp³-hybridized carbons (Fsp3) is 0.320. The molecule has 0 aromatic heterocycles. The van der Waals surface area contributed by atoms with Crippen LogP contribution in [0.2, 0.25) is 0 Å². The lowest BCUT2D eigenvalue weighted by atomic mass is 9.98. The minimum absolute atomic E-state index is 0.0285. The first-order chi connectivity index (χ1) is 15.4. The molecule has 6 nitrogen and oxygen atoms in total. The van der Waals surface area contributed by atoms with Crippen LogP contribution >= 0.6 is 0 Å². The van der Waals surface area contributed by atoms with Crippen LogP contribution in [-0.2, 0) is 21.4 Å². The van der Waals surface area contributed by atoms with Crippen molar-refractivity contribution in [2.45, 2.75) is 24.3 Å². The molecule has 1 fully saturated rings. The summed E-state index contributed by atoms with van der Waals surface area (Å²) in [7, 11) is -0.280. The molecule has 0 aliphatic carbocycles. The largest absolute Gasteiger partial charge is 0.497 e. The summed E-state index contributed by atoms with van der Waals surface area (Å²) >= 11 is 0. The van der Waals surface area contributed by atoms with Crippen molar-refractivity contribution in [1.29, 1.82) is 0 Å². The summed E-state index contributed by atoms with van der Waals surface area (Å²) in [4.78, 5) is 15.0. The average Bonchev–Trinajstić information content (AvgIpc) is 2.83. The fourth-order valence-electron chi connectivity index (χ4n) is 4.23. The van der Waals surface area contributed by atoms with Gasteiger partial charge in [-0.1, -0.05) is 42.5 Å². The molecule has 168 valence electrons. The zero-order valence-electron chi connectivity index (χ0n) is 18.4. The maximum Gasteiger partial charge on any atom is 0.243 e. The van der Waals surface area contributed by atoms with Gasteiger partial charge in [0.2, 0.25) is 15.9 Å². The van der Waals surface area contributed by atoms with E-state index in [1.54, 1.807) is 31.2 Å². The Morgan fingerprint density at radius 3 is 2.50 bits per heavy atom. The van der Waals surface area contributed by atoms with Gasteiger partial charge in [0.05, 0.1) is 17.9 Å². The summed E-state index contributed by atoms with van der Waals surface area (Å²) < 4.78 is 33.3. The zero-order valence-corrected chi connectivity index (χ0v) is 19.2. The molecule has 1 atom stereocenters. The summed E-state index contributed by atoms with van der Waals surface area (Å²) in [6.45, 7) is 1.11. The second kappa shape index (κ2) is 9.30. The lowest BCUT2D eigenvalue weighted by molar-refractivity contribution is -0.135. The van der Waals surface area contributed by atoms with Gasteiger partial charge >= 0.3 is 0 Å². The molecule has 0 N–H and O–H groups in total. The molecule has 1 aliphatic heterocycles. The highest BCUT2D eigenvalue weighted by Crippen LogP contribution is 2.27. The van der Waals surface area contributed by atoms with Crippen molar-refractivity contribution < 1.29 is 17.9 Å². The van der Waals surface area contributed by atoms with Crippen LogP contribution < -0.4 is 4.74 Å². The van der Waals surface area contributed by atoms with Gasteiger partial charge in [-0.05, 0) is 53.4 Å². The maximum atomic E-state index is 13.3. The fourth-order valence-corrected chi connectivity index (χ4v) is 5.79. The minimum Gasteiger partial charge on any atom is -0.497 e. The Kier molecular flexibility index (Phi) is 6.48. The van der Waals surface area contributed by atoms with Gasteiger partial charge in [0.25, 0.3) is 0 Å². The first-order valence-electron chi connectivity index (χ1n) is 10.8. The SMILES string of the molecule is COc1ccc(CN(C)C(=O)[C@H]2CCCN(S(=O)(=O)c3ccc4ccccc4c3)C2)cc1. The van der Waals surface area contributed by atoms with Crippen LogP contribution in [0.3, 0.4) is 0 Å². The van der Waals surface area contributed by atoms with Crippen molar-refractivity contribution in [2.75, 3.05) is 27.2 Å².